The maximum absolute atomic E-state index is 8.55. The molecule has 0 spiro atoms. The lowest BCUT2D eigenvalue weighted by Gasteiger charge is -2.23. The van der Waals surface area contributed by atoms with Gasteiger partial charge in [0.1, 0.15) is 0 Å². The lowest BCUT2D eigenvalue weighted by molar-refractivity contribution is 0.0234. The molecule has 0 aliphatic carbocycles. The van der Waals surface area contributed by atoms with Crippen LogP contribution in [0, 0.1) is 0 Å². The number of hydrogen-bond acceptors (Lipinski definition) is 3. The maximum atomic E-state index is 8.55. The van der Waals surface area contributed by atoms with E-state index in [0.29, 0.717) is 6.61 Å². The summed E-state index contributed by atoms with van der Waals surface area (Å²) in [4.78, 5) is 0. The minimum atomic E-state index is -0.0724. The quantitative estimate of drug-likeness (QED) is 0.563. The van der Waals surface area contributed by atoms with Crippen LogP contribution in [0.25, 0.3) is 0 Å². The van der Waals surface area contributed by atoms with E-state index in [2.05, 4.69) is 19.2 Å². The Morgan fingerprint density at radius 2 is 1.92 bits per heavy atom. The SMILES string of the molecule is COC(C)(C)CNCCCCCO. The zero-order chi connectivity index (χ0) is 10.2. The van der Waals surface area contributed by atoms with Gasteiger partial charge in [-0.2, -0.15) is 0 Å². The van der Waals surface area contributed by atoms with Gasteiger partial charge in [-0.15, -0.1) is 0 Å². The van der Waals surface area contributed by atoms with Crippen LogP contribution in [0.15, 0.2) is 0 Å². The molecule has 3 nitrogen and oxygen atoms in total. The monoisotopic (exact) mass is 189 g/mol. The molecule has 0 aliphatic rings. The van der Waals surface area contributed by atoms with Crippen molar-refractivity contribution in [3.63, 3.8) is 0 Å². The molecule has 0 rings (SSSR count). The van der Waals surface area contributed by atoms with Crippen molar-refractivity contribution >= 4 is 0 Å². The number of methoxy groups -OCH3 is 1. The first-order chi connectivity index (χ1) is 6.12. The van der Waals surface area contributed by atoms with E-state index in [1.54, 1.807) is 7.11 Å². The van der Waals surface area contributed by atoms with Crippen LogP contribution in [0.3, 0.4) is 0 Å². The third-order valence-corrected chi connectivity index (χ3v) is 2.11. The van der Waals surface area contributed by atoms with E-state index < -0.39 is 0 Å². The Kier molecular flexibility index (Phi) is 7.23. The molecule has 0 saturated heterocycles. The van der Waals surface area contributed by atoms with Gasteiger partial charge in [0, 0.05) is 20.3 Å². The van der Waals surface area contributed by atoms with E-state index in [-0.39, 0.29) is 5.60 Å². The fraction of sp³-hybridized carbons (Fsp3) is 1.00. The third-order valence-electron chi connectivity index (χ3n) is 2.11. The predicted molar refractivity (Wildman–Crippen MR) is 54.9 cm³/mol. The fourth-order valence-corrected chi connectivity index (χ4v) is 1.00. The lowest BCUT2D eigenvalue weighted by Crippen LogP contribution is -2.37. The van der Waals surface area contributed by atoms with Crippen molar-refractivity contribution in [1.82, 2.24) is 5.32 Å². The van der Waals surface area contributed by atoms with E-state index in [9.17, 15) is 0 Å². The molecule has 0 bridgehead atoms. The van der Waals surface area contributed by atoms with Gasteiger partial charge in [-0.3, -0.25) is 0 Å². The smallest absolute Gasteiger partial charge is 0.0746 e. The number of hydrogen-bond donors (Lipinski definition) is 2. The Morgan fingerprint density at radius 3 is 2.46 bits per heavy atom. The third kappa shape index (κ3) is 8.22. The zero-order valence-corrected chi connectivity index (χ0v) is 9.10. The van der Waals surface area contributed by atoms with Crippen molar-refractivity contribution in [3.05, 3.63) is 0 Å². The largest absolute Gasteiger partial charge is 0.396 e. The predicted octanol–water partition coefficient (Wildman–Crippen LogP) is 1.16. The fourth-order valence-electron chi connectivity index (χ4n) is 1.00. The topological polar surface area (TPSA) is 41.5 Å². The van der Waals surface area contributed by atoms with Gasteiger partial charge in [-0.1, -0.05) is 0 Å². The summed E-state index contributed by atoms with van der Waals surface area (Å²) < 4.78 is 5.26. The van der Waals surface area contributed by atoms with Gasteiger partial charge in [0.15, 0.2) is 0 Å². The molecule has 0 aromatic heterocycles. The molecule has 0 heterocycles. The summed E-state index contributed by atoms with van der Waals surface area (Å²) in [6.45, 7) is 6.32. The van der Waals surface area contributed by atoms with Gasteiger partial charge in [0.25, 0.3) is 0 Å². The second kappa shape index (κ2) is 7.30. The van der Waals surface area contributed by atoms with Gasteiger partial charge in [-0.25, -0.2) is 0 Å². The van der Waals surface area contributed by atoms with E-state index in [1.807, 2.05) is 0 Å². The molecule has 0 atom stereocenters. The average molecular weight is 189 g/mol. The zero-order valence-electron chi connectivity index (χ0n) is 9.10. The van der Waals surface area contributed by atoms with Gasteiger partial charge in [0.2, 0.25) is 0 Å². The molecule has 0 aromatic rings. The van der Waals surface area contributed by atoms with Crippen molar-refractivity contribution in [2.24, 2.45) is 0 Å². The van der Waals surface area contributed by atoms with Gasteiger partial charge in [-0.05, 0) is 39.7 Å². The second-order valence-corrected chi connectivity index (χ2v) is 3.92. The van der Waals surface area contributed by atoms with Crippen LogP contribution in [0.4, 0.5) is 0 Å². The number of unbranched alkanes of at least 4 members (excludes halogenated alkanes) is 2. The van der Waals surface area contributed by atoms with E-state index in [4.69, 9.17) is 9.84 Å². The molecule has 0 fully saturated rings. The summed E-state index contributed by atoms with van der Waals surface area (Å²) in [5, 5.41) is 11.9. The Balaban J connectivity index is 3.16. The summed E-state index contributed by atoms with van der Waals surface area (Å²) >= 11 is 0. The van der Waals surface area contributed by atoms with Crippen LogP contribution >= 0.6 is 0 Å². The van der Waals surface area contributed by atoms with E-state index in [1.165, 1.54) is 0 Å². The highest BCUT2D eigenvalue weighted by Gasteiger charge is 2.14. The standard InChI is InChI=1S/C10H23NO2/c1-10(2,13-3)9-11-7-5-4-6-8-12/h11-12H,4-9H2,1-3H3. The van der Waals surface area contributed by atoms with Gasteiger partial charge >= 0.3 is 0 Å². The number of rotatable bonds is 8. The molecule has 0 unspecified atom stereocenters. The normalized spacial score (nSPS) is 12.0. The van der Waals surface area contributed by atoms with E-state index in [0.717, 1.165) is 32.4 Å². The Hall–Kier alpha value is -0.120. The van der Waals surface area contributed by atoms with Crippen LogP contribution in [0.2, 0.25) is 0 Å². The number of nitrogens with one attached hydrogen (secondary N) is 1. The van der Waals surface area contributed by atoms with Crippen LogP contribution < -0.4 is 5.32 Å². The Morgan fingerprint density at radius 1 is 1.23 bits per heavy atom. The van der Waals surface area contributed by atoms with Crippen LogP contribution in [0.1, 0.15) is 33.1 Å². The van der Waals surface area contributed by atoms with Crippen molar-refractivity contribution in [2.45, 2.75) is 38.7 Å². The van der Waals surface area contributed by atoms with Crippen LogP contribution in [0.5, 0.6) is 0 Å². The number of aliphatic hydroxyl groups excluding tert-OH is 1. The number of aliphatic hydroxyl groups is 1. The molecule has 13 heavy (non-hydrogen) atoms. The molecular weight excluding hydrogens is 166 g/mol. The molecule has 0 aromatic carbocycles. The van der Waals surface area contributed by atoms with Crippen molar-refractivity contribution in [3.8, 4) is 0 Å². The van der Waals surface area contributed by atoms with Gasteiger partial charge in [0.05, 0.1) is 5.60 Å². The Labute approximate surface area is 81.5 Å². The minimum Gasteiger partial charge on any atom is -0.396 e. The first-order valence-corrected chi connectivity index (χ1v) is 4.99. The maximum Gasteiger partial charge on any atom is 0.0746 e. The van der Waals surface area contributed by atoms with E-state index >= 15 is 0 Å². The van der Waals surface area contributed by atoms with Gasteiger partial charge < -0.3 is 15.2 Å². The highest BCUT2D eigenvalue weighted by atomic mass is 16.5. The highest BCUT2D eigenvalue weighted by molar-refractivity contribution is 4.70. The summed E-state index contributed by atoms with van der Waals surface area (Å²) in [5.41, 5.74) is -0.0724. The average Bonchev–Trinajstić information content (AvgIpc) is 2.11. The van der Waals surface area contributed by atoms with Crippen molar-refractivity contribution in [2.75, 3.05) is 26.8 Å². The molecule has 80 valence electrons. The summed E-state index contributed by atoms with van der Waals surface area (Å²) in [5.74, 6) is 0. The van der Waals surface area contributed by atoms with Crippen LogP contribution in [-0.4, -0.2) is 37.5 Å². The molecule has 0 saturated carbocycles. The molecule has 0 amide bonds. The first kappa shape index (κ1) is 12.9. The van der Waals surface area contributed by atoms with Crippen molar-refractivity contribution < 1.29 is 9.84 Å². The molecule has 0 aliphatic heterocycles. The molecule has 3 heteroatoms. The molecular formula is C10H23NO2. The minimum absolute atomic E-state index is 0.0724. The van der Waals surface area contributed by atoms with Crippen LogP contribution in [-0.2, 0) is 4.74 Å². The second-order valence-electron chi connectivity index (χ2n) is 3.92. The number of ether oxygens (including phenoxy) is 1. The summed E-state index contributed by atoms with van der Waals surface area (Å²) in [7, 11) is 1.73. The lowest BCUT2D eigenvalue weighted by atomic mass is 10.1. The molecule has 0 radical (unpaired) electrons. The molecule has 2 N–H and O–H groups in total. The highest BCUT2D eigenvalue weighted by Crippen LogP contribution is 2.04. The summed E-state index contributed by atoms with van der Waals surface area (Å²) in [6.07, 6.45) is 3.13. The van der Waals surface area contributed by atoms with Crippen molar-refractivity contribution in [1.29, 1.82) is 0 Å². The Bertz CT molecular complexity index is 115. The summed E-state index contributed by atoms with van der Waals surface area (Å²) in [6, 6.07) is 0. The first-order valence-electron chi connectivity index (χ1n) is 4.99.